The van der Waals surface area contributed by atoms with Gasteiger partial charge in [0.2, 0.25) is 12.4 Å². The van der Waals surface area contributed by atoms with E-state index in [0.29, 0.717) is 0 Å². The molecule has 0 amide bonds. The molecule has 1 aliphatic rings. The van der Waals surface area contributed by atoms with E-state index in [2.05, 4.69) is 0 Å². The molecule has 0 aromatic heterocycles. The number of aliphatic hydroxyl groups excluding tert-OH is 1. The normalized spacial score (nSPS) is 25.5. The minimum absolute atomic E-state index is 0.412. The molecule has 0 unspecified atom stereocenters. The number of carbonyl (C=O) groups is 4. The number of esters is 4. The molecular weight excluding hydrogens is 472 g/mol. The van der Waals surface area contributed by atoms with E-state index in [9.17, 15) is 24.3 Å². The van der Waals surface area contributed by atoms with Gasteiger partial charge in [0.25, 0.3) is 0 Å². The van der Waals surface area contributed by atoms with Crippen LogP contribution in [0.3, 0.4) is 0 Å². The molecule has 1 rings (SSSR count). The fourth-order valence-electron chi connectivity index (χ4n) is 2.64. The Kier molecular flexibility index (Phi) is 9.77. The molecule has 0 aromatic carbocycles. The highest BCUT2D eigenvalue weighted by atomic mass is 16.7. The lowest BCUT2D eigenvalue weighted by Gasteiger charge is -2.44. The van der Waals surface area contributed by atoms with Crippen LogP contribution in [0.1, 0.15) is 83.1 Å². The maximum Gasteiger partial charge on any atom is 0.313 e. The van der Waals surface area contributed by atoms with Crippen LogP contribution in [0.4, 0.5) is 0 Å². The molecule has 0 radical (unpaired) electrons. The quantitative estimate of drug-likeness (QED) is 0.429. The molecule has 1 N–H and O–H groups in total. The molecule has 1 aliphatic heterocycles. The van der Waals surface area contributed by atoms with Gasteiger partial charge in [-0.25, -0.2) is 0 Å². The van der Waals surface area contributed by atoms with Gasteiger partial charge in [-0.1, -0.05) is 0 Å². The van der Waals surface area contributed by atoms with E-state index < -0.39 is 82.8 Å². The SMILES string of the molecule is CC(C)(C)C(=O)OC[C@H]1O[C@@H](OC(=O)C(C)(C)C)[C@@H](OC(=O)C(C)(C)C)[C@@H](OC(=O)C(C)(C)C)[C@@H]1O. The molecule has 0 spiro atoms. The largest absolute Gasteiger partial charge is 0.462 e. The van der Waals surface area contributed by atoms with Gasteiger partial charge in [-0.3, -0.25) is 19.2 Å². The zero-order chi connectivity index (χ0) is 28.4. The summed E-state index contributed by atoms with van der Waals surface area (Å²) in [5.41, 5.74) is -3.67. The Morgan fingerprint density at radius 3 is 1.36 bits per heavy atom. The minimum Gasteiger partial charge on any atom is -0.462 e. The van der Waals surface area contributed by atoms with Gasteiger partial charge in [0.15, 0.2) is 6.10 Å². The third-order valence-corrected chi connectivity index (χ3v) is 5.16. The second-order valence-corrected chi connectivity index (χ2v) is 13.3. The monoisotopic (exact) mass is 516 g/mol. The molecule has 1 fully saturated rings. The Balaban J connectivity index is 3.45. The first kappa shape index (κ1) is 31.8. The van der Waals surface area contributed by atoms with Crippen LogP contribution in [0.25, 0.3) is 0 Å². The van der Waals surface area contributed by atoms with Crippen LogP contribution in [0, 0.1) is 21.7 Å². The molecule has 208 valence electrons. The number of aliphatic hydroxyl groups is 1. The predicted molar refractivity (Wildman–Crippen MR) is 129 cm³/mol. The lowest BCUT2D eigenvalue weighted by Crippen LogP contribution is -2.63. The highest BCUT2D eigenvalue weighted by Crippen LogP contribution is 2.33. The lowest BCUT2D eigenvalue weighted by molar-refractivity contribution is -0.303. The lowest BCUT2D eigenvalue weighted by atomic mass is 9.93. The smallest absolute Gasteiger partial charge is 0.313 e. The van der Waals surface area contributed by atoms with E-state index in [-0.39, 0.29) is 0 Å². The van der Waals surface area contributed by atoms with Crippen LogP contribution in [0.15, 0.2) is 0 Å². The molecule has 0 bridgehead atoms. The van der Waals surface area contributed by atoms with Gasteiger partial charge in [-0.2, -0.15) is 0 Å². The second kappa shape index (κ2) is 11.0. The van der Waals surface area contributed by atoms with Crippen LogP contribution in [0.2, 0.25) is 0 Å². The standard InChI is InChI=1S/C26H44O10/c1-23(2,3)19(28)32-13-14-15(27)16(34-20(29)24(4,5)6)17(35-21(30)25(7,8)9)18(33-14)36-22(31)26(10,11)12/h14-18,27H,13H2,1-12H3/t14-,15-,16+,17+,18+/m1/s1. The van der Waals surface area contributed by atoms with Crippen molar-refractivity contribution in [3.05, 3.63) is 0 Å². The third-order valence-electron chi connectivity index (χ3n) is 5.16. The summed E-state index contributed by atoms with van der Waals surface area (Å²) in [6.07, 6.45) is -7.28. The molecule has 1 heterocycles. The Bertz CT molecular complexity index is 820. The van der Waals surface area contributed by atoms with E-state index in [1.807, 2.05) is 0 Å². The van der Waals surface area contributed by atoms with Crippen molar-refractivity contribution in [1.82, 2.24) is 0 Å². The van der Waals surface area contributed by atoms with Crippen molar-refractivity contribution < 1.29 is 48.0 Å². The van der Waals surface area contributed by atoms with Gasteiger partial charge in [-0.05, 0) is 83.1 Å². The second-order valence-electron chi connectivity index (χ2n) is 13.3. The summed E-state index contributed by atoms with van der Waals surface area (Å²) >= 11 is 0. The van der Waals surface area contributed by atoms with Crippen LogP contribution in [0.5, 0.6) is 0 Å². The molecule has 10 nitrogen and oxygen atoms in total. The first-order valence-corrected chi connectivity index (χ1v) is 12.1. The maximum absolute atomic E-state index is 12.8. The van der Waals surface area contributed by atoms with E-state index >= 15 is 0 Å². The van der Waals surface area contributed by atoms with Gasteiger partial charge in [-0.15, -0.1) is 0 Å². The zero-order valence-corrected chi connectivity index (χ0v) is 23.7. The predicted octanol–water partition coefficient (Wildman–Crippen LogP) is 3.17. The number of hydrogen-bond acceptors (Lipinski definition) is 10. The zero-order valence-electron chi connectivity index (χ0n) is 23.7. The van der Waals surface area contributed by atoms with Crippen LogP contribution in [-0.2, 0) is 42.9 Å². The Morgan fingerprint density at radius 1 is 0.611 bits per heavy atom. The van der Waals surface area contributed by atoms with Crippen LogP contribution < -0.4 is 0 Å². The topological polar surface area (TPSA) is 135 Å². The molecule has 0 saturated carbocycles. The average molecular weight is 517 g/mol. The van der Waals surface area contributed by atoms with Gasteiger partial charge in [0.1, 0.15) is 18.8 Å². The molecule has 1 saturated heterocycles. The van der Waals surface area contributed by atoms with Crippen molar-refractivity contribution in [3.8, 4) is 0 Å². The van der Waals surface area contributed by atoms with Crippen molar-refractivity contribution in [3.63, 3.8) is 0 Å². The first-order valence-electron chi connectivity index (χ1n) is 12.1. The first-order chi connectivity index (χ1) is 16.0. The number of rotatable bonds is 5. The van der Waals surface area contributed by atoms with E-state index in [4.69, 9.17) is 23.7 Å². The number of ether oxygens (including phenoxy) is 5. The highest BCUT2D eigenvalue weighted by Gasteiger charge is 2.53. The summed E-state index contributed by atoms with van der Waals surface area (Å²) in [5.74, 6) is -2.59. The highest BCUT2D eigenvalue weighted by molar-refractivity contribution is 5.77. The molecule has 36 heavy (non-hydrogen) atoms. The molecule has 10 heteroatoms. The van der Waals surface area contributed by atoms with Crippen LogP contribution in [-0.4, -0.2) is 66.3 Å². The van der Waals surface area contributed by atoms with Crippen molar-refractivity contribution in [2.24, 2.45) is 21.7 Å². The third kappa shape index (κ3) is 8.73. The summed E-state index contributed by atoms with van der Waals surface area (Å²) in [4.78, 5) is 50.6. The molecule has 0 aromatic rings. The van der Waals surface area contributed by atoms with E-state index in [1.165, 1.54) is 0 Å². The summed E-state index contributed by atoms with van der Waals surface area (Å²) in [5, 5.41) is 11.1. The summed E-state index contributed by atoms with van der Waals surface area (Å²) in [6.45, 7) is 19.2. The fourth-order valence-corrected chi connectivity index (χ4v) is 2.64. The van der Waals surface area contributed by atoms with Gasteiger partial charge >= 0.3 is 23.9 Å². The molecular formula is C26H44O10. The molecule has 0 aliphatic carbocycles. The summed E-state index contributed by atoms with van der Waals surface area (Å²) < 4.78 is 27.9. The Morgan fingerprint density at radius 2 is 0.972 bits per heavy atom. The van der Waals surface area contributed by atoms with Crippen molar-refractivity contribution in [2.75, 3.05) is 6.61 Å². The Labute approximate surface area is 214 Å². The fraction of sp³-hybridized carbons (Fsp3) is 0.846. The molecule has 5 atom stereocenters. The van der Waals surface area contributed by atoms with Crippen molar-refractivity contribution in [2.45, 2.75) is 114 Å². The van der Waals surface area contributed by atoms with Crippen LogP contribution >= 0.6 is 0 Å². The summed E-state index contributed by atoms with van der Waals surface area (Å²) in [6, 6.07) is 0. The maximum atomic E-state index is 12.8. The van der Waals surface area contributed by atoms with E-state index in [0.717, 1.165) is 0 Å². The van der Waals surface area contributed by atoms with Gasteiger partial charge < -0.3 is 28.8 Å². The van der Waals surface area contributed by atoms with E-state index in [1.54, 1.807) is 83.1 Å². The van der Waals surface area contributed by atoms with Crippen molar-refractivity contribution >= 4 is 23.9 Å². The number of carbonyl (C=O) groups excluding carboxylic acids is 4. The average Bonchev–Trinajstić information content (AvgIpc) is 2.67. The minimum atomic E-state index is -1.56. The Hall–Kier alpha value is -2.20. The van der Waals surface area contributed by atoms with Crippen molar-refractivity contribution in [1.29, 1.82) is 0 Å². The van der Waals surface area contributed by atoms with Gasteiger partial charge in [0, 0.05) is 0 Å². The summed E-state index contributed by atoms with van der Waals surface area (Å²) in [7, 11) is 0. The van der Waals surface area contributed by atoms with Gasteiger partial charge in [0.05, 0.1) is 21.7 Å². The number of hydrogen-bond donors (Lipinski definition) is 1.